The number of hydrogen-bond acceptors (Lipinski definition) is 2. The van der Waals surface area contributed by atoms with Crippen LogP contribution in [0.5, 0.6) is 0 Å². The number of nitrogens with one attached hydrogen (secondary N) is 1. The Balaban J connectivity index is 1.76. The van der Waals surface area contributed by atoms with Crippen molar-refractivity contribution in [2.75, 3.05) is 19.6 Å². The van der Waals surface area contributed by atoms with Gasteiger partial charge in [-0.05, 0) is 37.5 Å². The van der Waals surface area contributed by atoms with Crippen molar-refractivity contribution >= 4 is 15.9 Å². The second-order valence-corrected chi connectivity index (χ2v) is 6.77. The number of benzene rings is 1. The summed E-state index contributed by atoms with van der Waals surface area (Å²) in [7, 11) is 0. The van der Waals surface area contributed by atoms with E-state index in [0.717, 1.165) is 22.3 Å². The van der Waals surface area contributed by atoms with Crippen LogP contribution in [0.15, 0.2) is 45.7 Å². The third-order valence-electron chi connectivity index (χ3n) is 4.22. The molecular weight excluding hydrogens is 342 g/mol. The summed E-state index contributed by atoms with van der Waals surface area (Å²) in [5.74, 6) is 0. The SMILES string of the molecule is O=c1ccc(-c2cccc(Br)c2)nn1CC[NH+]1CCCCC1. The van der Waals surface area contributed by atoms with Gasteiger partial charge in [0.1, 0.15) is 0 Å². The van der Waals surface area contributed by atoms with Crippen molar-refractivity contribution in [3.63, 3.8) is 0 Å². The molecule has 0 bridgehead atoms. The van der Waals surface area contributed by atoms with E-state index in [1.165, 1.54) is 32.4 Å². The fraction of sp³-hybridized carbons (Fsp3) is 0.412. The Kier molecular flexibility index (Phi) is 5.05. The van der Waals surface area contributed by atoms with Crippen LogP contribution in [0.2, 0.25) is 0 Å². The molecule has 1 aliphatic heterocycles. The molecule has 0 saturated carbocycles. The lowest BCUT2D eigenvalue weighted by molar-refractivity contribution is -0.905. The van der Waals surface area contributed by atoms with E-state index in [0.29, 0.717) is 6.54 Å². The zero-order valence-corrected chi connectivity index (χ0v) is 14.2. The van der Waals surface area contributed by atoms with Gasteiger partial charge in [-0.2, -0.15) is 5.10 Å². The van der Waals surface area contributed by atoms with Crippen LogP contribution in [0.3, 0.4) is 0 Å². The molecule has 2 aromatic rings. The molecule has 1 saturated heterocycles. The van der Waals surface area contributed by atoms with Crippen LogP contribution < -0.4 is 10.5 Å². The van der Waals surface area contributed by atoms with Gasteiger partial charge in [-0.15, -0.1) is 0 Å². The van der Waals surface area contributed by atoms with Gasteiger partial charge in [0.25, 0.3) is 5.56 Å². The van der Waals surface area contributed by atoms with Crippen LogP contribution in [0.1, 0.15) is 19.3 Å². The van der Waals surface area contributed by atoms with Crippen LogP contribution in [0, 0.1) is 0 Å². The van der Waals surface area contributed by atoms with Gasteiger partial charge in [-0.3, -0.25) is 4.79 Å². The molecule has 1 aromatic heterocycles. The smallest absolute Gasteiger partial charge is 0.266 e. The number of halogens is 1. The van der Waals surface area contributed by atoms with E-state index in [1.54, 1.807) is 21.7 Å². The van der Waals surface area contributed by atoms with Gasteiger partial charge in [0, 0.05) is 16.1 Å². The first-order valence-electron chi connectivity index (χ1n) is 7.90. The molecule has 0 aliphatic carbocycles. The minimum Gasteiger partial charge on any atom is -0.333 e. The second-order valence-electron chi connectivity index (χ2n) is 5.85. The first-order valence-corrected chi connectivity index (χ1v) is 8.69. The summed E-state index contributed by atoms with van der Waals surface area (Å²) in [6.07, 6.45) is 3.95. The van der Waals surface area contributed by atoms with Crippen LogP contribution in [-0.4, -0.2) is 29.4 Å². The lowest BCUT2D eigenvalue weighted by Crippen LogP contribution is -3.13. The monoisotopic (exact) mass is 362 g/mol. The predicted octanol–water partition coefficient (Wildman–Crippen LogP) is 1.74. The standard InChI is InChI=1S/C17H20BrN3O/c18-15-6-4-5-14(13-15)16-7-8-17(22)21(19-16)12-11-20-9-2-1-3-10-20/h4-8,13H,1-3,9-12H2/p+1. The zero-order chi connectivity index (χ0) is 15.4. The summed E-state index contributed by atoms with van der Waals surface area (Å²) in [6, 6.07) is 11.4. The fourth-order valence-corrected chi connectivity index (χ4v) is 3.38. The molecule has 0 atom stereocenters. The minimum atomic E-state index is -0.0184. The Hall–Kier alpha value is -1.46. The van der Waals surface area contributed by atoms with Crippen LogP contribution in [0.25, 0.3) is 11.3 Å². The van der Waals surface area contributed by atoms with Gasteiger partial charge >= 0.3 is 0 Å². The van der Waals surface area contributed by atoms with Gasteiger partial charge < -0.3 is 4.90 Å². The van der Waals surface area contributed by atoms with Crippen LogP contribution >= 0.6 is 15.9 Å². The van der Waals surface area contributed by atoms with E-state index in [2.05, 4.69) is 21.0 Å². The van der Waals surface area contributed by atoms with E-state index in [9.17, 15) is 4.79 Å². The Morgan fingerprint density at radius 3 is 2.73 bits per heavy atom. The molecule has 3 rings (SSSR count). The van der Waals surface area contributed by atoms with Crippen molar-refractivity contribution in [3.05, 3.63) is 51.2 Å². The van der Waals surface area contributed by atoms with Gasteiger partial charge in [-0.1, -0.05) is 28.1 Å². The van der Waals surface area contributed by atoms with Crippen molar-refractivity contribution < 1.29 is 4.90 Å². The quantitative estimate of drug-likeness (QED) is 0.899. The number of hydrogen-bond donors (Lipinski definition) is 1. The number of quaternary nitrogens is 1. The average molecular weight is 363 g/mol. The van der Waals surface area contributed by atoms with E-state index < -0.39 is 0 Å². The molecule has 0 spiro atoms. The molecule has 5 heteroatoms. The lowest BCUT2D eigenvalue weighted by Gasteiger charge is -2.23. The molecule has 4 nitrogen and oxygen atoms in total. The Morgan fingerprint density at radius 2 is 1.95 bits per heavy atom. The molecule has 22 heavy (non-hydrogen) atoms. The number of likely N-dealkylation sites (tertiary alicyclic amines) is 1. The molecule has 0 amide bonds. The van der Waals surface area contributed by atoms with Crippen molar-refractivity contribution in [1.29, 1.82) is 0 Å². The summed E-state index contributed by atoms with van der Waals surface area (Å²) < 4.78 is 2.63. The molecule has 1 aromatic carbocycles. The maximum atomic E-state index is 12.0. The maximum absolute atomic E-state index is 12.0. The van der Waals surface area contributed by atoms with Gasteiger partial charge in [-0.25, -0.2) is 4.68 Å². The second kappa shape index (κ2) is 7.20. The van der Waals surface area contributed by atoms with Crippen molar-refractivity contribution in [3.8, 4) is 11.3 Å². The summed E-state index contributed by atoms with van der Waals surface area (Å²) in [5.41, 5.74) is 1.85. The molecule has 2 heterocycles. The summed E-state index contributed by atoms with van der Waals surface area (Å²) in [6.45, 7) is 4.12. The fourth-order valence-electron chi connectivity index (χ4n) is 2.98. The third-order valence-corrected chi connectivity index (χ3v) is 4.72. The summed E-state index contributed by atoms with van der Waals surface area (Å²) >= 11 is 3.48. The van der Waals surface area contributed by atoms with E-state index >= 15 is 0 Å². The number of piperidine rings is 1. The first-order chi connectivity index (χ1) is 10.7. The molecule has 1 N–H and O–H groups in total. The first kappa shape index (κ1) is 15.4. The Morgan fingerprint density at radius 1 is 1.14 bits per heavy atom. The Bertz CT molecular complexity index is 692. The zero-order valence-electron chi connectivity index (χ0n) is 12.6. The van der Waals surface area contributed by atoms with Gasteiger partial charge in [0.15, 0.2) is 0 Å². The van der Waals surface area contributed by atoms with Gasteiger partial charge in [0.05, 0.1) is 31.9 Å². The van der Waals surface area contributed by atoms with Crippen molar-refractivity contribution in [2.45, 2.75) is 25.8 Å². The Labute approximate surface area is 138 Å². The highest BCUT2D eigenvalue weighted by Crippen LogP contribution is 2.20. The highest BCUT2D eigenvalue weighted by molar-refractivity contribution is 9.10. The molecule has 116 valence electrons. The highest BCUT2D eigenvalue weighted by atomic mass is 79.9. The van der Waals surface area contributed by atoms with Crippen LogP contribution in [-0.2, 0) is 6.54 Å². The molecule has 1 fully saturated rings. The van der Waals surface area contributed by atoms with E-state index in [4.69, 9.17) is 0 Å². The highest BCUT2D eigenvalue weighted by Gasteiger charge is 2.14. The molecule has 0 radical (unpaired) electrons. The molecular formula is C17H21BrN3O+. The van der Waals surface area contributed by atoms with Crippen molar-refractivity contribution in [1.82, 2.24) is 9.78 Å². The van der Waals surface area contributed by atoms with E-state index in [-0.39, 0.29) is 5.56 Å². The van der Waals surface area contributed by atoms with Crippen molar-refractivity contribution in [2.24, 2.45) is 0 Å². The minimum absolute atomic E-state index is 0.0184. The summed E-state index contributed by atoms with van der Waals surface area (Å²) in [4.78, 5) is 13.6. The van der Waals surface area contributed by atoms with Crippen LogP contribution in [0.4, 0.5) is 0 Å². The number of nitrogens with zero attached hydrogens (tertiary/aromatic N) is 2. The number of aromatic nitrogens is 2. The molecule has 1 aliphatic rings. The lowest BCUT2D eigenvalue weighted by atomic mass is 10.1. The predicted molar refractivity (Wildman–Crippen MR) is 91.0 cm³/mol. The topological polar surface area (TPSA) is 39.3 Å². The molecule has 0 unspecified atom stereocenters. The van der Waals surface area contributed by atoms with Gasteiger partial charge in [0.2, 0.25) is 0 Å². The largest absolute Gasteiger partial charge is 0.333 e. The number of rotatable bonds is 4. The third kappa shape index (κ3) is 3.84. The summed E-state index contributed by atoms with van der Waals surface area (Å²) in [5, 5.41) is 4.54. The normalized spacial score (nSPS) is 15.9. The maximum Gasteiger partial charge on any atom is 0.266 e. The average Bonchev–Trinajstić information content (AvgIpc) is 2.55. The van der Waals surface area contributed by atoms with E-state index in [1.807, 2.05) is 24.3 Å².